The maximum absolute atomic E-state index is 14.1. The molecular formula is C46H70Cl6N2O10. The summed E-state index contributed by atoms with van der Waals surface area (Å²) in [5.74, 6) is -1.97. The SMILES string of the molecule is CCCCCCCCCCCCCC(=O)O[C@H](CCCCCCCCCCC)CC(=O)O[C@H]1[C@@H]2OC(c3ccccc3)OC[C@H]2OC(OC(=N)C(Cl)(Cl)Cl)[C@@H]1NC(=O)OCC(Cl)(Cl)Cl. The number of ether oxygens (including phenoxy) is 7. The van der Waals surface area contributed by atoms with E-state index >= 15 is 0 Å². The van der Waals surface area contributed by atoms with E-state index in [1.807, 2.05) is 18.2 Å². The predicted octanol–water partition coefficient (Wildman–Crippen LogP) is 13.5. The van der Waals surface area contributed by atoms with Crippen molar-refractivity contribution in [2.45, 2.75) is 212 Å². The number of fused-ring (bicyclic) bond motifs is 1. The molecule has 2 aliphatic rings. The number of nitrogens with one attached hydrogen (secondary N) is 2. The molecule has 0 spiro atoms. The standard InChI is InChI=1S/C46H70Cl6N2O10/c1-3-5-7-9-11-13-14-16-18-20-25-29-36(55)60-34(28-24-19-17-15-12-10-8-6-4-2)30-37(56)62-40-38(54-44(57)59-32-45(47,48)49)42(64-43(53)46(50,51)52)61-35-31-58-41(63-39(35)40)33-26-22-21-23-27-33/h21-23,26-27,34-35,38-42,53H,3-20,24-25,28-32H2,1-2H3,(H,54,57)/t34-,35-,38-,39-,40-,41?,42?/m1/s1. The number of carbonyl (C=O) groups excluding carboxylic acids is 3. The number of hydrogen-bond acceptors (Lipinski definition) is 11. The summed E-state index contributed by atoms with van der Waals surface area (Å²) in [4.78, 5) is 40.6. The van der Waals surface area contributed by atoms with Crippen LogP contribution in [0.15, 0.2) is 30.3 Å². The Kier molecular flexibility index (Phi) is 28.0. The molecule has 18 heteroatoms. The van der Waals surface area contributed by atoms with Gasteiger partial charge in [0, 0.05) is 12.0 Å². The fraction of sp³-hybridized carbons (Fsp3) is 0.783. The van der Waals surface area contributed by atoms with Crippen molar-refractivity contribution < 1.29 is 47.5 Å². The zero-order valence-electron chi connectivity index (χ0n) is 37.5. The maximum Gasteiger partial charge on any atom is 0.407 e. The van der Waals surface area contributed by atoms with Gasteiger partial charge in [-0.2, -0.15) is 0 Å². The topological polar surface area (TPSA) is 152 Å². The molecule has 0 bridgehead atoms. The Balaban J connectivity index is 1.77. The van der Waals surface area contributed by atoms with Crippen LogP contribution in [0.3, 0.4) is 0 Å². The number of unbranched alkanes of at least 4 members (excludes halogenated alkanes) is 18. The molecule has 0 radical (unpaired) electrons. The number of benzene rings is 1. The largest absolute Gasteiger partial charge is 0.462 e. The molecule has 12 nitrogen and oxygen atoms in total. The van der Waals surface area contributed by atoms with E-state index in [1.165, 1.54) is 77.0 Å². The van der Waals surface area contributed by atoms with Crippen LogP contribution in [0.25, 0.3) is 0 Å². The number of carbonyl (C=O) groups is 3. The van der Waals surface area contributed by atoms with E-state index in [1.54, 1.807) is 12.1 Å². The van der Waals surface area contributed by atoms with Crippen LogP contribution >= 0.6 is 69.6 Å². The molecule has 2 aliphatic heterocycles. The Hall–Kier alpha value is -1.48. The zero-order valence-corrected chi connectivity index (χ0v) is 42.0. The fourth-order valence-electron chi connectivity index (χ4n) is 7.70. The molecule has 0 saturated carbocycles. The second-order valence-corrected chi connectivity index (χ2v) is 21.5. The monoisotopic (exact) mass is 1020 g/mol. The molecule has 1 amide bonds. The minimum Gasteiger partial charge on any atom is -0.462 e. The Morgan fingerprint density at radius 3 is 1.83 bits per heavy atom. The van der Waals surface area contributed by atoms with E-state index in [9.17, 15) is 14.4 Å². The molecule has 3 rings (SSSR count). The summed E-state index contributed by atoms with van der Waals surface area (Å²) >= 11 is 35.4. The van der Waals surface area contributed by atoms with Gasteiger partial charge in [0.2, 0.25) is 16.0 Å². The molecule has 0 aromatic heterocycles. The molecule has 1 aromatic rings. The molecule has 2 heterocycles. The summed E-state index contributed by atoms with van der Waals surface area (Å²) in [7, 11) is 0. The average Bonchev–Trinajstić information content (AvgIpc) is 3.24. The van der Waals surface area contributed by atoms with Gasteiger partial charge in [0.25, 0.3) is 3.79 Å². The van der Waals surface area contributed by atoms with Crippen molar-refractivity contribution in [3.63, 3.8) is 0 Å². The van der Waals surface area contributed by atoms with Gasteiger partial charge in [0.1, 0.15) is 31.0 Å². The summed E-state index contributed by atoms with van der Waals surface area (Å²) in [6, 6.07) is 7.61. The second kappa shape index (κ2) is 31.5. The third kappa shape index (κ3) is 23.5. The van der Waals surface area contributed by atoms with Gasteiger partial charge >= 0.3 is 18.0 Å². The summed E-state index contributed by atoms with van der Waals surface area (Å²) < 4.78 is 37.2. The van der Waals surface area contributed by atoms with E-state index < -0.39 is 75.2 Å². The number of hydrogen-bond donors (Lipinski definition) is 2. The highest BCUT2D eigenvalue weighted by Crippen LogP contribution is 2.38. The highest BCUT2D eigenvalue weighted by atomic mass is 35.6. The van der Waals surface area contributed by atoms with Gasteiger partial charge in [-0.1, -0.05) is 229 Å². The summed E-state index contributed by atoms with van der Waals surface area (Å²) in [5.41, 5.74) is 0.666. The highest BCUT2D eigenvalue weighted by Gasteiger charge is 2.54. The van der Waals surface area contributed by atoms with Gasteiger partial charge in [-0.3, -0.25) is 15.0 Å². The Bertz CT molecular complexity index is 1490. The van der Waals surface area contributed by atoms with E-state index in [2.05, 4.69) is 19.2 Å². The minimum atomic E-state index is -2.33. The van der Waals surface area contributed by atoms with Crippen LogP contribution in [-0.4, -0.2) is 81.5 Å². The molecule has 64 heavy (non-hydrogen) atoms. The first-order valence-electron chi connectivity index (χ1n) is 23.3. The molecule has 1 aromatic carbocycles. The maximum atomic E-state index is 14.1. The van der Waals surface area contributed by atoms with E-state index in [0.29, 0.717) is 18.4 Å². The predicted molar refractivity (Wildman–Crippen MR) is 254 cm³/mol. The van der Waals surface area contributed by atoms with Gasteiger partial charge in [0.15, 0.2) is 12.4 Å². The number of amides is 1. The lowest BCUT2D eigenvalue weighted by Gasteiger charge is -2.48. The van der Waals surface area contributed by atoms with Crippen molar-refractivity contribution in [1.29, 1.82) is 5.41 Å². The van der Waals surface area contributed by atoms with E-state index in [-0.39, 0.29) is 25.4 Å². The van der Waals surface area contributed by atoms with E-state index in [4.69, 9.17) is 108 Å². The number of alkyl carbamates (subject to hydrolysis) is 1. The van der Waals surface area contributed by atoms with Gasteiger partial charge < -0.3 is 38.5 Å². The zero-order chi connectivity index (χ0) is 46.8. The summed E-state index contributed by atoms with van der Waals surface area (Å²) in [5, 5.41) is 10.9. The summed E-state index contributed by atoms with van der Waals surface area (Å²) in [6.45, 7) is 3.70. The fourth-order valence-corrected chi connectivity index (χ4v) is 8.00. The van der Waals surface area contributed by atoms with Crippen LogP contribution in [0.5, 0.6) is 0 Å². The van der Waals surface area contributed by atoms with Crippen molar-refractivity contribution in [2.75, 3.05) is 13.2 Å². The smallest absolute Gasteiger partial charge is 0.407 e. The number of alkyl halides is 6. The van der Waals surface area contributed by atoms with Crippen molar-refractivity contribution >= 4 is 93.5 Å². The lowest BCUT2D eigenvalue weighted by molar-refractivity contribution is -0.336. The molecular weight excluding hydrogens is 953 g/mol. The third-order valence-electron chi connectivity index (χ3n) is 11.1. The highest BCUT2D eigenvalue weighted by molar-refractivity contribution is 6.76. The van der Waals surface area contributed by atoms with Gasteiger partial charge in [-0.15, -0.1) is 0 Å². The first-order valence-corrected chi connectivity index (χ1v) is 25.6. The van der Waals surface area contributed by atoms with Crippen molar-refractivity contribution in [3.8, 4) is 0 Å². The average molecular weight is 1020 g/mol. The second-order valence-electron chi connectivity index (χ2n) is 16.7. The van der Waals surface area contributed by atoms with Gasteiger partial charge in [0.05, 0.1) is 13.0 Å². The van der Waals surface area contributed by atoms with E-state index in [0.717, 1.165) is 44.9 Å². The quantitative estimate of drug-likeness (QED) is 0.0190. The molecule has 7 atom stereocenters. The Morgan fingerprint density at radius 2 is 1.28 bits per heavy atom. The Morgan fingerprint density at radius 1 is 0.734 bits per heavy atom. The molecule has 2 saturated heterocycles. The molecule has 366 valence electrons. The van der Waals surface area contributed by atoms with Crippen LogP contribution < -0.4 is 5.32 Å². The van der Waals surface area contributed by atoms with Crippen LogP contribution in [0.1, 0.15) is 173 Å². The number of esters is 2. The number of rotatable bonds is 30. The first kappa shape index (κ1) is 56.8. The van der Waals surface area contributed by atoms with Crippen LogP contribution in [0.4, 0.5) is 4.79 Å². The van der Waals surface area contributed by atoms with Crippen LogP contribution in [-0.2, 0) is 42.7 Å². The number of halogens is 6. The molecule has 2 fully saturated rings. The van der Waals surface area contributed by atoms with Gasteiger partial charge in [-0.25, -0.2) is 4.79 Å². The van der Waals surface area contributed by atoms with Crippen molar-refractivity contribution in [1.82, 2.24) is 5.32 Å². The lowest BCUT2D eigenvalue weighted by atomic mass is 9.95. The first-order chi connectivity index (χ1) is 30.6. The third-order valence-corrected chi connectivity index (χ3v) is 12.0. The van der Waals surface area contributed by atoms with Crippen LogP contribution in [0.2, 0.25) is 0 Å². The Labute approximate surface area is 410 Å². The molecule has 2 N–H and O–H groups in total. The van der Waals surface area contributed by atoms with Gasteiger partial charge in [-0.05, 0) is 19.3 Å². The molecule has 2 unspecified atom stereocenters. The van der Waals surface area contributed by atoms with Crippen molar-refractivity contribution in [2.24, 2.45) is 0 Å². The summed E-state index contributed by atoms with van der Waals surface area (Å²) in [6.07, 6.45) is 15.2. The van der Waals surface area contributed by atoms with Crippen LogP contribution in [0, 0.1) is 5.41 Å². The molecule has 0 aliphatic carbocycles. The normalized spacial score (nSPS) is 21.6. The van der Waals surface area contributed by atoms with Crippen molar-refractivity contribution in [3.05, 3.63) is 35.9 Å². The minimum absolute atomic E-state index is 0.0818. The lowest BCUT2D eigenvalue weighted by Crippen LogP contribution is -2.68.